The Bertz CT molecular complexity index is 1670. The van der Waals surface area contributed by atoms with E-state index in [1.165, 1.54) is 11.3 Å². The highest BCUT2D eigenvalue weighted by Gasteiger charge is 2.10. The Labute approximate surface area is 250 Å². The van der Waals surface area contributed by atoms with Crippen LogP contribution < -0.4 is 5.46 Å². The van der Waals surface area contributed by atoms with Crippen LogP contribution in [-0.2, 0) is 0 Å². The Morgan fingerprint density at radius 3 is 1.76 bits per heavy atom. The molecule has 0 aliphatic heterocycles. The Kier molecular flexibility index (Phi) is 10.2. The smallest absolute Gasteiger partial charge is 0.423 e. The predicted molar refractivity (Wildman–Crippen MR) is 162 cm³/mol. The highest BCUT2D eigenvalue weighted by Crippen LogP contribution is 2.30. The van der Waals surface area contributed by atoms with Crippen LogP contribution in [0.25, 0.3) is 33.1 Å². The Hall–Kier alpha value is -2.05. The third-order valence-electron chi connectivity index (χ3n) is 4.85. The minimum Gasteiger partial charge on any atom is -0.423 e. The molecule has 2 aromatic carbocycles. The molecule has 0 atom stereocenters. The monoisotopic (exact) mass is 640 g/mol. The first-order valence-corrected chi connectivity index (χ1v) is 14.3. The Balaban J connectivity index is 0.000000142. The quantitative estimate of drug-likeness (QED) is 0.114. The van der Waals surface area contributed by atoms with Gasteiger partial charge in [-0.1, -0.05) is 40.9 Å². The molecule has 6 aromatic rings. The molecule has 6 nitrogen and oxygen atoms in total. The topological polar surface area (TPSA) is 92.0 Å². The summed E-state index contributed by atoms with van der Waals surface area (Å²) in [7, 11) is -1.30. The van der Waals surface area contributed by atoms with Crippen molar-refractivity contribution in [2.45, 2.75) is 0 Å². The summed E-state index contributed by atoms with van der Waals surface area (Å²) in [5, 5.41) is 28.1. The van der Waals surface area contributed by atoms with E-state index in [4.69, 9.17) is 68.1 Å². The van der Waals surface area contributed by atoms with Crippen molar-refractivity contribution < 1.29 is 10.0 Å². The molecule has 0 radical (unpaired) electrons. The summed E-state index contributed by atoms with van der Waals surface area (Å²) in [6.45, 7) is 0. The van der Waals surface area contributed by atoms with Gasteiger partial charge in [0.25, 0.3) is 0 Å². The number of fused-ring (bicyclic) bond motifs is 2. The van der Waals surface area contributed by atoms with Gasteiger partial charge in [-0.3, -0.25) is 0 Å². The predicted octanol–water partition coefficient (Wildman–Crippen LogP) is 7.68. The summed E-state index contributed by atoms with van der Waals surface area (Å²) in [5.41, 5.74) is 3.91. The van der Waals surface area contributed by atoms with Crippen molar-refractivity contribution in [2.75, 3.05) is 0 Å². The number of nitrogens with zero attached hydrogens (tertiary/aromatic N) is 4. The molecule has 0 aliphatic rings. The van der Waals surface area contributed by atoms with Crippen LogP contribution in [0.4, 0.5) is 0 Å². The zero-order valence-corrected chi connectivity index (χ0v) is 24.3. The zero-order valence-electron chi connectivity index (χ0n) is 18.9. The maximum atomic E-state index is 8.47. The normalized spacial score (nSPS) is 10.5. The number of aromatic nitrogens is 4. The maximum Gasteiger partial charge on any atom is 0.489 e. The van der Waals surface area contributed by atoms with Gasteiger partial charge in [-0.2, -0.15) is 22.7 Å². The number of thiophene rings is 2. The Morgan fingerprint density at radius 1 is 0.632 bits per heavy atom. The molecule has 0 saturated heterocycles. The van der Waals surface area contributed by atoms with Crippen molar-refractivity contribution in [2.24, 2.45) is 0 Å². The van der Waals surface area contributed by atoms with Crippen LogP contribution in [0.15, 0.2) is 70.1 Å². The van der Waals surface area contributed by atoms with E-state index < -0.39 is 7.12 Å². The van der Waals surface area contributed by atoms with Crippen LogP contribution in [0.1, 0.15) is 0 Å². The van der Waals surface area contributed by atoms with Crippen LogP contribution in [0, 0.1) is 0 Å². The number of benzene rings is 2. The third-order valence-corrected chi connectivity index (χ3v) is 7.33. The van der Waals surface area contributed by atoms with E-state index in [0.717, 1.165) is 22.2 Å². The molecule has 0 saturated carbocycles. The molecule has 4 heterocycles. The van der Waals surface area contributed by atoms with E-state index in [0.29, 0.717) is 31.6 Å². The van der Waals surface area contributed by atoms with Gasteiger partial charge in [0.2, 0.25) is 10.6 Å². The third kappa shape index (κ3) is 7.54. The molecule has 0 aliphatic carbocycles. The van der Waals surface area contributed by atoms with Gasteiger partial charge in [-0.15, -0.1) is 0 Å². The molecule has 14 heteroatoms. The molecule has 0 bridgehead atoms. The van der Waals surface area contributed by atoms with E-state index >= 15 is 0 Å². The van der Waals surface area contributed by atoms with Gasteiger partial charge in [0, 0.05) is 31.8 Å². The van der Waals surface area contributed by atoms with Crippen molar-refractivity contribution in [1.29, 1.82) is 0 Å². The summed E-state index contributed by atoms with van der Waals surface area (Å²) in [6.07, 6.45) is 0. The van der Waals surface area contributed by atoms with Gasteiger partial charge in [0.1, 0.15) is 5.15 Å². The second-order valence-corrected chi connectivity index (χ2v) is 10.9. The zero-order chi connectivity index (χ0) is 27.2. The highest BCUT2D eigenvalue weighted by molar-refractivity contribution is 7.09. The van der Waals surface area contributed by atoms with Gasteiger partial charge in [0.05, 0.1) is 16.7 Å². The van der Waals surface area contributed by atoms with Crippen LogP contribution in [0.5, 0.6) is 0 Å². The number of hydrogen-bond donors (Lipinski definition) is 2. The minimum atomic E-state index is -1.30. The highest BCUT2D eigenvalue weighted by atomic mass is 35.5. The molecular formula is C24H14BCl5N4O2S2. The molecule has 0 amide bonds. The van der Waals surface area contributed by atoms with Gasteiger partial charge < -0.3 is 10.0 Å². The molecule has 4 aromatic heterocycles. The van der Waals surface area contributed by atoms with Crippen LogP contribution >= 0.6 is 80.7 Å². The van der Waals surface area contributed by atoms with Crippen molar-refractivity contribution in [3.8, 4) is 11.3 Å². The average molecular weight is 643 g/mol. The fourth-order valence-electron chi connectivity index (χ4n) is 3.15. The van der Waals surface area contributed by atoms with Gasteiger partial charge >= 0.3 is 7.12 Å². The lowest BCUT2D eigenvalue weighted by atomic mass is 9.83. The summed E-state index contributed by atoms with van der Waals surface area (Å²) in [6, 6.07) is 14.4. The lowest BCUT2D eigenvalue weighted by molar-refractivity contribution is 0.426. The van der Waals surface area contributed by atoms with Gasteiger partial charge in [0.15, 0.2) is 0 Å². The summed E-state index contributed by atoms with van der Waals surface area (Å²) in [5.74, 6) is 0. The first-order chi connectivity index (χ1) is 18.2. The van der Waals surface area contributed by atoms with Crippen molar-refractivity contribution in [1.82, 2.24) is 19.9 Å². The molecule has 0 unspecified atom stereocenters. The largest absolute Gasteiger partial charge is 0.489 e. The molecule has 2 N–H and O–H groups in total. The SMILES string of the molecule is Clc1ccc2nc(Cl)nc(-c3ccsc3)c2c1.Clc1ccc2nc(Cl)nc(Cl)c2c1.OB(O)c1ccsc1. The summed E-state index contributed by atoms with van der Waals surface area (Å²) in [4.78, 5) is 16.3. The van der Waals surface area contributed by atoms with Crippen molar-refractivity contribution >= 4 is 115 Å². The van der Waals surface area contributed by atoms with Gasteiger partial charge in [-0.25, -0.2) is 19.9 Å². The van der Waals surface area contributed by atoms with E-state index in [2.05, 4.69) is 19.9 Å². The molecule has 192 valence electrons. The molecule has 0 spiro atoms. The second-order valence-electron chi connectivity index (χ2n) is 7.39. The Morgan fingerprint density at radius 2 is 1.21 bits per heavy atom. The minimum absolute atomic E-state index is 0.139. The second kappa shape index (κ2) is 13.3. The standard InChI is InChI=1S/C12H6Cl2N2S.C8H3Cl3N2.C4H5BO2S/c13-8-1-2-10-9(5-8)11(16-12(14)15-10)7-3-4-17-6-7;9-4-1-2-6-5(3-4)7(10)13-8(11)12-6;6-5(7)4-1-2-8-3-4/h1-6H;1-3H;1-3,6-7H. The fourth-order valence-corrected chi connectivity index (χ4v) is 5.43. The van der Waals surface area contributed by atoms with E-state index in [1.807, 2.05) is 29.0 Å². The molecule has 38 heavy (non-hydrogen) atoms. The van der Waals surface area contributed by atoms with Crippen LogP contribution in [-0.4, -0.2) is 37.1 Å². The number of rotatable bonds is 2. The maximum absolute atomic E-state index is 8.47. The lowest BCUT2D eigenvalue weighted by Gasteiger charge is -2.04. The van der Waals surface area contributed by atoms with Gasteiger partial charge in [-0.05, 0) is 87.3 Å². The first-order valence-electron chi connectivity index (χ1n) is 10.5. The molecule has 6 rings (SSSR count). The van der Waals surface area contributed by atoms with E-state index in [1.54, 1.807) is 52.4 Å². The van der Waals surface area contributed by atoms with Crippen molar-refractivity contribution in [3.63, 3.8) is 0 Å². The molecule has 0 fully saturated rings. The summed E-state index contributed by atoms with van der Waals surface area (Å²) >= 11 is 32.2. The van der Waals surface area contributed by atoms with Crippen molar-refractivity contribution in [3.05, 3.63) is 95.8 Å². The van der Waals surface area contributed by atoms with Crippen LogP contribution in [0.3, 0.4) is 0 Å². The molecular weight excluding hydrogens is 629 g/mol. The summed E-state index contributed by atoms with van der Waals surface area (Å²) < 4.78 is 0. The van der Waals surface area contributed by atoms with Crippen LogP contribution in [0.2, 0.25) is 25.8 Å². The fraction of sp³-hybridized carbons (Fsp3) is 0. The number of hydrogen-bond acceptors (Lipinski definition) is 8. The van der Waals surface area contributed by atoms with E-state index in [9.17, 15) is 0 Å². The number of halogens is 5. The lowest BCUT2D eigenvalue weighted by Crippen LogP contribution is -2.27. The average Bonchev–Trinajstić information content (AvgIpc) is 3.60. The van der Waals surface area contributed by atoms with E-state index in [-0.39, 0.29) is 10.6 Å². The first kappa shape index (κ1) is 29.0.